The number of hydrogen-bond donors (Lipinski definition) is 1. The first-order chi connectivity index (χ1) is 10.3. The van der Waals surface area contributed by atoms with Crippen molar-refractivity contribution < 1.29 is 23.1 Å². The van der Waals surface area contributed by atoms with E-state index in [0.717, 1.165) is 19.4 Å². The van der Waals surface area contributed by atoms with Crippen molar-refractivity contribution in [2.24, 2.45) is 5.41 Å². The Morgan fingerprint density at radius 1 is 1.13 bits per heavy atom. The molecule has 2 unspecified atom stereocenters. The molecule has 0 aliphatic heterocycles. The zero-order chi connectivity index (χ0) is 18.1. The fourth-order valence-electron chi connectivity index (χ4n) is 2.57. The van der Waals surface area contributed by atoms with E-state index in [1.807, 2.05) is 13.8 Å². The minimum Gasteiger partial charge on any atom is -0.481 e. The largest absolute Gasteiger partial charge is 0.481 e. The zero-order valence-electron chi connectivity index (χ0n) is 14.3. The van der Waals surface area contributed by atoms with Crippen molar-refractivity contribution in [2.75, 3.05) is 0 Å². The molecule has 5 heteroatoms. The van der Waals surface area contributed by atoms with Crippen LogP contribution in [0.3, 0.4) is 0 Å². The Labute approximate surface area is 135 Å². The minimum absolute atomic E-state index is 0.0425. The summed E-state index contributed by atoms with van der Waals surface area (Å²) >= 11 is 0. The smallest absolute Gasteiger partial charge is 0.397 e. The van der Waals surface area contributed by atoms with Gasteiger partial charge in [0.05, 0.1) is 10.8 Å². The van der Waals surface area contributed by atoms with E-state index in [2.05, 4.69) is 0 Å². The monoisotopic (exact) mass is 330 g/mol. The van der Waals surface area contributed by atoms with E-state index in [9.17, 15) is 23.1 Å². The molecule has 0 saturated carbocycles. The summed E-state index contributed by atoms with van der Waals surface area (Å²) in [5, 5.41) is 9.34. The lowest BCUT2D eigenvalue weighted by Gasteiger charge is -2.29. The van der Waals surface area contributed by atoms with Crippen LogP contribution in [0.25, 0.3) is 0 Å². The van der Waals surface area contributed by atoms with Crippen LogP contribution in [0.5, 0.6) is 0 Å². The summed E-state index contributed by atoms with van der Waals surface area (Å²) in [7, 11) is 0. The van der Waals surface area contributed by atoms with E-state index < -0.39 is 23.0 Å². The fourth-order valence-corrected chi connectivity index (χ4v) is 2.57. The first kappa shape index (κ1) is 19.5. The van der Waals surface area contributed by atoms with Gasteiger partial charge in [-0.15, -0.1) is 0 Å². The van der Waals surface area contributed by atoms with Gasteiger partial charge in [0.2, 0.25) is 0 Å². The van der Waals surface area contributed by atoms with Gasteiger partial charge in [-0.1, -0.05) is 38.1 Å². The summed E-state index contributed by atoms with van der Waals surface area (Å²) in [5.41, 5.74) is -1.68. The molecule has 0 aliphatic rings. The van der Waals surface area contributed by atoms with Crippen LogP contribution in [-0.2, 0) is 10.2 Å². The number of carboxylic acid groups (broad SMARTS) is 1. The molecule has 0 heterocycles. The van der Waals surface area contributed by atoms with Crippen LogP contribution in [0.1, 0.15) is 64.5 Å². The first-order valence-electron chi connectivity index (χ1n) is 7.75. The Kier molecular flexibility index (Phi) is 5.55. The highest BCUT2D eigenvalue weighted by atomic mass is 19.4. The summed E-state index contributed by atoms with van der Waals surface area (Å²) < 4.78 is 39.2. The van der Waals surface area contributed by atoms with E-state index >= 15 is 0 Å². The summed E-state index contributed by atoms with van der Waals surface area (Å²) in [6, 6.07) is 6.32. The molecule has 0 amide bonds. The molecule has 0 aromatic heterocycles. The molecule has 1 N–H and O–H groups in total. The molecule has 23 heavy (non-hydrogen) atoms. The number of halogens is 3. The summed E-state index contributed by atoms with van der Waals surface area (Å²) in [6.07, 6.45) is -3.36. The second-order valence-electron chi connectivity index (χ2n) is 7.07. The zero-order valence-corrected chi connectivity index (χ0v) is 14.3. The number of rotatable bonds is 6. The Morgan fingerprint density at radius 3 is 1.96 bits per heavy atom. The predicted molar refractivity (Wildman–Crippen MR) is 84.6 cm³/mol. The normalized spacial score (nSPS) is 16.7. The Bertz CT molecular complexity index is 546. The van der Waals surface area contributed by atoms with Crippen LogP contribution in [0, 0.1) is 5.41 Å². The van der Waals surface area contributed by atoms with Crippen LogP contribution in [0.4, 0.5) is 13.2 Å². The molecule has 1 aromatic carbocycles. The van der Waals surface area contributed by atoms with Gasteiger partial charge in [0, 0.05) is 0 Å². The molecule has 0 spiro atoms. The molecule has 0 bridgehead atoms. The Hall–Kier alpha value is -1.52. The number of benzene rings is 1. The molecular formula is C18H25F3O2. The average molecular weight is 330 g/mol. The molecule has 2 atom stereocenters. The number of carbonyl (C=O) groups is 1. The van der Waals surface area contributed by atoms with Gasteiger partial charge in [0.15, 0.2) is 0 Å². The molecule has 0 saturated heterocycles. The van der Waals surface area contributed by atoms with Crippen molar-refractivity contribution >= 4 is 5.97 Å². The Balaban J connectivity index is 2.99. The Morgan fingerprint density at radius 2 is 1.61 bits per heavy atom. The molecule has 130 valence electrons. The van der Waals surface area contributed by atoms with Crippen LogP contribution in [-0.4, -0.2) is 17.3 Å². The summed E-state index contributed by atoms with van der Waals surface area (Å²) in [6.45, 7) is 7.75. The van der Waals surface area contributed by atoms with E-state index in [1.54, 1.807) is 19.1 Å². The second-order valence-corrected chi connectivity index (χ2v) is 7.07. The van der Waals surface area contributed by atoms with E-state index in [1.165, 1.54) is 12.1 Å². The van der Waals surface area contributed by atoms with Gasteiger partial charge in [-0.3, -0.25) is 4.79 Å². The number of alkyl halides is 3. The van der Waals surface area contributed by atoms with Crippen molar-refractivity contribution in [3.63, 3.8) is 0 Å². The van der Waals surface area contributed by atoms with Gasteiger partial charge in [-0.25, -0.2) is 0 Å². The highest BCUT2D eigenvalue weighted by molar-refractivity contribution is 5.74. The van der Waals surface area contributed by atoms with E-state index in [4.69, 9.17) is 0 Å². The second kappa shape index (κ2) is 6.54. The standard InChI is InChI=1S/C18H25F3O2/c1-6-17(5,15(22)23)11-12(2)13-7-9-14(10-8-13)16(3,4)18(19,20)21/h7-10,12H,6,11H2,1-5H3,(H,22,23). The van der Waals surface area contributed by atoms with Crippen LogP contribution in [0.2, 0.25) is 0 Å². The SMILES string of the molecule is CCC(C)(CC(C)c1ccc(C(C)(C)C(F)(F)F)cc1)C(=O)O. The van der Waals surface area contributed by atoms with Gasteiger partial charge < -0.3 is 5.11 Å². The summed E-state index contributed by atoms with van der Waals surface area (Å²) in [5.74, 6) is -0.888. The van der Waals surface area contributed by atoms with E-state index in [0.29, 0.717) is 12.8 Å². The summed E-state index contributed by atoms with van der Waals surface area (Å²) in [4.78, 5) is 11.4. The topological polar surface area (TPSA) is 37.3 Å². The average Bonchev–Trinajstić information content (AvgIpc) is 2.45. The maximum atomic E-state index is 13.1. The molecule has 1 aromatic rings. The van der Waals surface area contributed by atoms with Gasteiger partial charge >= 0.3 is 12.1 Å². The third-order valence-electron chi connectivity index (χ3n) is 4.96. The lowest BCUT2D eigenvalue weighted by atomic mass is 9.76. The third kappa shape index (κ3) is 4.06. The van der Waals surface area contributed by atoms with Gasteiger partial charge in [-0.05, 0) is 50.7 Å². The van der Waals surface area contributed by atoms with Crippen molar-refractivity contribution in [1.82, 2.24) is 0 Å². The fraction of sp³-hybridized carbons (Fsp3) is 0.611. The quantitative estimate of drug-likeness (QED) is 0.745. The first-order valence-corrected chi connectivity index (χ1v) is 7.75. The molecular weight excluding hydrogens is 305 g/mol. The highest BCUT2D eigenvalue weighted by Gasteiger charge is 2.48. The van der Waals surface area contributed by atoms with Gasteiger partial charge in [0.25, 0.3) is 0 Å². The van der Waals surface area contributed by atoms with Crippen LogP contribution in [0.15, 0.2) is 24.3 Å². The maximum Gasteiger partial charge on any atom is 0.397 e. The maximum absolute atomic E-state index is 13.1. The number of hydrogen-bond acceptors (Lipinski definition) is 1. The lowest BCUT2D eigenvalue weighted by molar-refractivity contribution is -0.180. The molecule has 0 fully saturated rings. The van der Waals surface area contributed by atoms with Crippen molar-refractivity contribution in [1.29, 1.82) is 0 Å². The van der Waals surface area contributed by atoms with Gasteiger partial charge in [0.1, 0.15) is 0 Å². The van der Waals surface area contributed by atoms with Crippen molar-refractivity contribution in [3.05, 3.63) is 35.4 Å². The predicted octanol–water partition coefficient (Wildman–Crippen LogP) is 5.52. The molecule has 0 aliphatic carbocycles. The van der Waals surface area contributed by atoms with Crippen LogP contribution < -0.4 is 0 Å². The highest BCUT2D eigenvalue weighted by Crippen LogP contribution is 2.41. The molecule has 0 radical (unpaired) electrons. The van der Waals surface area contributed by atoms with Crippen molar-refractivity contribution in [3.8, 4) is 0 Å². The van der Waals surface area contributed by atoms with E-state index in [-0.39, 0.29) is 11.5 Å². The minimum atomic E-state index is -4.32. The number of carboxylic acids is 1. The molecule has 1 rings (SSSR count). The van der Waals surface area contributed by atoms with Crippen molar-refractivity contribution in [2.45, 2.75) is 65.0 Å². The number of aliphatic carboxylic acids is 1. The van der Waals surface area contributed by atoms with Crippen LogP contribution >= 0.6 is 0 Å². The third-order valence-corrected chi connectivity index (χ3v) is 4.96. The molecule has 2 nitrogen and oxygen atoms in total. The lowest BCUT2D eigenvalue weighted by Crippen LogP contribution is -2.36. The van der Waals surface area contributed by atoms with Gasteiger partial charge in [-0.2, -0.15) is 13.2 Å².